The highest BCUT2D eigenvalue weighted by Crippen LogP contribution is 2.24. The lowest BCUT2D eigenvalue weighted by atomic mass is 10.1. The standard InChI is InChI=1S/C23H30N4O3.ClH/c1-4-15-30-20-10-7-18(8-11-20)16-23-24-21-17-19(27(28)29)9-12-22(21)26(23)14-13-25(5-2)6-3;/h7-12,17H,4-6,13-16H2,1-3H3;1H. The van der Waals surface area contributed by atoms with E-state index in [4.69, 9.17) is 9.72 Å². The quantitative estimate of drug-likeness (QED) is 0.303. The lowest BCUT2D eigenvalue weighted by Gasteiger charge is -2.19. The zero-order chi connectivity index (χ0) is 21.5. The molecule has 0 spiro atoms. The number of hydrogen-bond acceptors (Lipinski definition) is 5. The van der Waals surface area contributed by atoms with Crippen LogP contribution in [0.2, 0.25) is 0 Å². The van der Waals surface area contributed by atoms with Crippen LogP contribution >= 0.6 is 12.4 Å². The second-order valence-corrected chi connectivity index (χ2v) is 7.31. The third kappa shape index (κ3) is 6.18. The molecule has 1 heterocycles. The Morgan fingerprint density at radius 1 is 1.10 bits per heavy atom. The predicted octanol–water partition coefficient (Wildman–Crippen LogP) is 5.09. The summed E-state index contributed by atoms with van der Waals surface area (Å²) in [6.07, 6.45) is 1.64. The van der Waals surface area contributed by atoms with Crippen LogP contribution in [0.4, 0.5) is 5.69 Å². The van der Waals surface area contributed by atoms with Gasteiger partial charge < -0.3 is 14.2 Å². The molecule has 0 saturated carbocycles. The summed E-state index contributed by atoms with van der Waals surface area (Å²) in [6.45, 7) is 10.8. The summed E-state index contributed by atoms with van der Waals surface area (Å²) in [5, 5.41) is 11.2. The van der Waals surface area contributed by atoms with Gasteiger partial charge in [-0.2, -0.15) is 0 Å². The second kappa shape index (κ2) is 11.7. The Morgan fingerprint density at radius 3 is 2.42 bits per heavy atom. The molecule has 0 N–H and O–H groups in total. The molecule has 0 saturated heterocycles. The number of nitro benzene ring substituents is 1. The molecule has 0 aliphatic rings. The maximum absolute atomic E-state index is 11.2. The van der Waals surface area contributed by atoms with Gasteiger partial charge in [0.2, 0.25) is 0 Å². The van der Waals surface area contributed by atoms with Crippen LogP contribution in [0.1, 0.15) is 38.6 Å². The number of benzene rings is 2. The van der Waals surface area contributed by atoms with Crippen LogP contribution in [0.15, 0.2) is 42.5 Å². The van der Waals surface area contributed by atoms with Gasteiger partial charge in [0.05, 0.1) is 22.6 Å². The minimum Gasteiger partial charge on any atom is -0.494 e. The molecular formula is C23H31ClN4O3. The number of hydrogen-bond donors (Lipinski definition) is 0. The fourth-order valence-corrected chi connectivity index (χ4v) is 3.55. The Kier molecular flexibility index (Phi) is 9.27. The molecule has 0 unspecified atom stereocenters. The molecule has 0 aliphatic carbocycles. The number of non-ortho nitro benzene ring substituents is 1. The zero-order valence-corrected chi connectivity index (χ0v) is 19.2. The summed E-state index contributed by atoms with van der Waals surface area (Å²) in [6, 6.07) is 13.0. The molecule has 0 amide bonds. The van der Waals surface area contributed by atoms with E-state index in [0.717, 1.165) is 55.3 Å². The molecule has 1 aromatic heterocycles. The number of imidazole rings is 1. The minimum absolute atomic E-state index is 0. The van der Waals surface area contributed by atoms with Crippen molar-refractivity contribution >= 4 is 29.1 Å². The Hall–Kier alpha value is -2.64. The molecule has 0 radical (unpaired) electrons. The van der Waals surface area contributed by atoms with Crippen molar-refractivity contribution < 1.29 is 9.66 Å². The van der Waals surface area contributed by atoms with E-state index in [2.05, 4.69) is 42.4 Å². The van der Waals surface area contributed by atoms with Gasteiger partial charge in [-0.15, -0.1) is 12.4 Å². The zero-order valence-electron chi connectivity index (χ0n) is 18.4. The highest BCUT2D eigenvalue weighted by molar-refractivity contribution is 5.85. The van der Waals surface area contributed by atoms with Crippen molar-refractivity contribution in [3.05, 3.63) is 64.0 Å². The van der Waals surface area contributed by atoms with Gasteiger partial charge in [0.1, 0.15) is 11.6 Å². The van der Waals surface area contributed by atoms with E-state index < -0.39 is 0 Å². The van der Waals surface area contributed by atoms with Gasteiger partial charge in [-0.1, -0.05) is 32.9 Å². The van der Waals surface area contributed by atoms with Crippen molar-refractivity contribution in [1.29, 1.82) is 0 Å². The maximum Gasteiger partial charge on any atom is 0.271 e. The third-order valence-electron chi connectivity index (χ3n) is 5.31. The highest BCUT2D eigenvalue weighted by atomic mass is 35.5. The van der Waals surface area contributed by atoms with Crippen LogP contribution in [0.25, 0.3) is 11.0 Å². The Balaban J connectivity index is 0.00000341. The number of nitro groups is 1. The summed E-state index contributed by atoms with van der Waals surface area (Å²) in [4.78, 5) is 17.9. The molecule has 0 atom stereocenters. The van der Waals surface area contributed by atoms with Crippen molar-refractivity contribution in [2.24, 2.45) is 0 Å². The van der Waals surface area contributed by atoms with Crippen LogP contribution in [-0.2, 0) is 13.0 Å². The lowest BCUT2D eigenvalue weighted by molar-refractivity contribution is -0.384. The average molecular weight is 447 g/mol. The van der Waals surface area contributed by atoms with Gasteiger partial charge in [0.15, 0.2) is 0 Å². The fourth-order valence-electron chi connectivity index (χ4n) is 3.55. The van der Waals surface area contributed by atoms with Gasteiger partial charge in [0.25, 0.3) is 5.69 Å². The monoisotopic (exact) mass is 446 g/mol. The first-order valence-electron chi connectivity index (χ1n) is 10.6. The van der Waals surface area contributed by atoms with Gasteiger partial charge in [-0.3, -0.25) is 10.1 Å². The summed E-state index contributed by atoms with van der Waals surface area (Å²) < 4.78 is 7.86. The van der Waals surface area contributed by atoms with Crippen LogP contribution in [0.3, 0.4) is 0 Å². The first-order valence-corrected chi connectivity index (χ1v) is 10.6. The number of nitrogens with zero attached hydrogens (tertiary/aromatic N) is 4. The second-order valence-electron chi connectivity index (χ2n) is 7.31. The van der Waals surface area contributed by atoms with Crippen LogP contribution in [0.5, 0.6) is 5.75 Å². The van der Waals surface area contributed by atoms with Crippen molar-refractivity contribution in [2.75, 3.05) is 26.2 Å². The summed E-state index contributed by atoms with van der Waals surface area (Å²) in [7, 11) is 0. The van der Waals surface area contributed by atoms with Crippen LogP contribution in [0, 0.1) is 10.1 Å². The summed E-state index contributed by atoms with van der Waals surface area (Å²) in [5.74, 6) is 1.78. The molecule has 2 aromatic carbocycles. The molecule has 0 aliphatic heterocycles. The molecular weight excluding hydrogens is 416 g/mol. The first-order chi connectivity index (χ1) is 14.5. The van der Waals surface area contributed by atoms with Crippen LogP contribution < -0.4 is 4.74 Å². The first kappa shape index (κ1) is 24.6. The van der Waals surface area contributed by atoms with Gasteiger partial charge in [-0.25, -0.2) is 4.98 Å². The molecule has 31 heavy (non-hydrogen) atoms. The lowest BCUT2D eigenvalue weighted by Crippen LogP contribution is -2.27. The average Bonchev–Trinajstić information content (AvgIpc) is 3.10. The van der Waals surface area contributed by atoms with E-state index in [1.54, 1.807) is 12.1 Å². The predicted molar refractivity (Wildman–Crippen MR) is 126 cm³/mol. The van der Waals surface area contributed by atoms with Crippen molar-refractivity contribution in [3.63, 3.8) is 0 Å². The smallest absolute Gasteiger partial charge is 0.271 e. The number of likely N-dealkylation sites (N-methyl/N-ethyl adjacent to an activating group) is 1. The number of aromatic nitrogens is 2. The van der Waals surface area contributed by atoms with Crippen molar-refractivity contribution in [3.8, 4) is 5.75 Å². The highest BCUT2D eigenvalue weighted by Gasteiger charge is 2.16. The molecule has 168 valence electrons. The molecule has 8 heteroatoms. The Bertz CT molecular complexity index is 984. The topological polar surface area (TPSA) is 73.4 Å². The number of rotatable bonds is 11. The molecule has 0 bridgehead atoms. The van der Waals surface area contributed by atoms with Gasteiger partial charge in [-0.05, 0) is 43.3 Å². The summed E-state index contributed by atoms with van der Waals surface area (Å²) in [5.41, 5.74) is 2.81. The Morgan fingerprint density at radius 2 is 1.81 bits per heavy atom. The molecule has 0 fully saturated rings. The van der Waals surface area contributed by atoms with Crippen molar-refractivity contribution in [2.45, 2.75) is 40.2 Å². The summed E-state index contributed by atoms with van der Waals surface area (Å²) >= 11 is 0. The van der Waals surface area contributed by atoms with Crippen molar-refractivity contribution in [1.82, 2.24) is 14.5 Å². The fraction of sp³-hybridized carbons (Fsp3) is 0.435. The largest absolute Gasteiger partial charge is 0.494 e. The van der Waals surface area contributed by atoms with E-state index in [0.29, 0.717) is 18.5 Å². The van der Waals surface area contributed by atoms with Crippen LogP contribution in [-0.4, -0.2) is 45.6 Å². The molecule has 3 aromatic rings. The number of ether oxygens (including phenoxy) is 1. The number of halogens is 1. The third-order valence-corrected chi connectivity index (χ3v) is 5.31. The Labute approximate surface area is 189 Å². The number of fused-ring (bicyclic) bond motifs is 1. The molecule has 3 rings (SSSR count). The van der Waals surface area contributed by atoms with E-state index in [-0.39, 0.29) is 23.0 Å². The van der Waals surface area contributed by atoms with Gasteiger partial charge >= 0.3 is 0 Å². The van der Waals surface area contributed by atoms with E-state index in [1.807, 2.05) is 18.2 Å². The normalized spacial score (nSPS) is 11.0. The van der Waals surface area contributed by atoms with E-state index in [9.17, 15) is 10.1 Å². The van der Waals surface area contributed by atoms with Gasteiger partial charge in [0, 0.05) is 31.6 Å². The van der Waals surface area contributed by atoms with E-state index in [1.165, 1.54) is 0 Å². The SMILES string of the molecule is CCCOc1ccc(Cc2nc3cc([N+](=O)[O-])ccc3n2CCN(CC)CC)cc1.Cl. The maximum atomic E-state index is 11.2. The minimum atomic E-state index is -0.372. The molecule has 7 nitrogen and oxygen atoms in total. The van der Waals surface area contributed by atoms with E-state index >= 15 is 0 Å².